The Bertz CT molecular complexity index is 898. The average Bonchev–Trinajstić information content (AvgIpc) is 2.99. The van der Waals surface area contributed by atoms with Crippen molar-refractivity contribution in [1.82, 2.24) is 5.32 Å². The Morgan fingerprint density at radius 2 is 1.63 bits per heavy atom. The molecule has 1 aliphatic rings. The molecule has 1 saturated heterocycles. The van der Waals surface area contributed by atoms with Crippen LogP contribution in [0.4, 0.5) is 5.69 Å². The van der Waals surface area contributed by atoms with E-state index in [0.717, 1.165) is 5.56 Å². The SMILES string of the molecule is O=C(CC(=O)N(Cc1ccccc1)c1ccccc1)NC1CCS(=O)(=O)C1. The van der Waals surface area contributed by atoms with Gasteiger partial charge in [-0.2, -0.15) is 0 Å². The second-order valence-corrected chi connectivity index (χ2v) is 8.87. The normalized spacial score (nSPS) is 18.0. The number of hydrogen-bond donors (Lipinski definition) is 1. The molecule has 142 valence electrons. The third-order valence-electron chi connectivity index (χ3n) is 4.46. The van der Waals surface area contributed by atoms with Crippen molar-refractivity contribution in [1.29, 1.82) is 0 Å². The number of carbonyl (C=O) groups excluding carboxylic acids is 2. The van der Waals surface area contributed by atoms with Crippen molar-refractivity contribution in [2.75, 3.05) is 16.4 Å². The van der Waals surface area contributed by atoms with Crippen LogP contribution in [0.5, 0.6) is 0 Å². The Labute approximate surface area is 159 Å². The summed E-state index contributed by atoms with van der Waals surface area (Å²) in [6, 6.07) is 18.3. The number of sulfone groups is 1. The predicted molar refractivity (Wildman–Crippen MR) is 104 cm³/mol. The van der Waals surface area contributed by atoms with Gasteiger partial charge in [0.1, 0.15) is 6.42 Å². The van der Waals surface area contributed by atoms with Crippen LogP contribution in [0.15, 0.2) is 60.7 Å². The summed E-state index contributed by atoms with van der Waals surface area (Å²) in [6.07, 6.45) is 0.0763. The number of amides is 2. The van der Waals surface area contributed by atoms with E-state index in [9.17, 15) is 18.0 Å². The van der Waals surface area contributed by atoms with Crippen LogP contribution in [0, 0.1) is 0 Å². The van der Waals surface area contributed by atoms with Gasteiger partial charge in [0.25, 0.3) is 0 Å². The van der Waals surface area contributed by atoms with Crippen LogP contribution in [0.1, 0.15) is 18.4 Å². The number of nitrogens with zero attached hydrogens (tertiary/aromatic N) is 1. The molecule has 2 amide bonds. The lowest BCUT2D eigenvalue weighted by Gasteiger charge is -2.23. The number of nitrogens with one attached hydrogen (secondary N) is 1. The van der Waals surface area contributed by atoms with Crippen molar-refractivity contribution >= 4 is 27.3 Å². The highest BCUT2D eigenvalue weighted by Gasteiger charge is 2.29. The van der Waals surface area contributed by atoms with Gasteiger partial charge in [-0.05, 0) is 24.1 Å². The maximum Gasteiger partial charge on any atom is 0.236 e. The summed E-state index contributed by atoms with van der Waals surface area (Å²) in [6.45, 7) is 0.356. The molecule has 7 heteroatoms. The quantitative estimate of drug-likeness (QED) is 0.769. The zero-order valence-corrected chi connectivity index (χ0v) is 15.7. The molecule has 1 N–H and O–H groups in total. The first kappa shape index (κ1) is 19.1. The monoisotopic (exact) mass is 386 g/mol. The number of hydrogen-bond acceptors (Lipinski definition) is 4. The molecule has 0 bridgehead atoms. The number of carbonyl (C=O) groups is 2. The van der Waals surface area contributed by atoms with E-state index in [1.807, 2.05) is 60.7 Å². The van der Waals surface area contributed by atoms with Gasteiger partial charge in [0.05, 0.1) is 18.1 Å². The van der Waals surface area contributed by atoms with Gasteiger partial charge >= 0.3 is 0 Å². The summed E-state index contributed by atoms with van der Waals surface area (Å²) in [5.74, 6) is -0.755. The zero-order valence-electron chi connectivity index (χ0n) is 14.9. The Hall–Kier alpha value is -2.67. The molecule has 1 fully saturated rings. The standard InChI is InChI=1S/C20H22N2O4S/c23-19(21-17-11-12-27(25,26)15-17)13-20(24)22(18-9-5-2-6-10-18)14-16-7-3-1-4-8-16/h1-10,17H,11-15H2,(H,21,23). The molecular formula is C20H22N2O4S. The minimum absolute atomic E-state index is 0.0562. The summed E-state index contributed by atoms with van der Waals surface area (Å²) >= 11 is 0. The summed E-state index contributed by atoms with van der Waals surface area (Å²) in [7, 11) is -3.08. The van der Waals surface area contributed by atoms with E-state index in [4.69, 9.17) is 0 Å². The molecule has 0 spiro atoms. The van der Waals surface area contributed by atoms with Gasteiger partial charge in [-0.1, -0.05) is 48.5 Å². The molecule has 1 heterocycles. The molecule has 0 aliphatic carbocycles. The lowest BCUT2D eigenvalue weighted by molar-refractivity contribution is -0.128. The summed E-state index contributed by atoms with van der Waals surface area (Å²) in [5.41, 5.74) is 1.67. The number of rotatable bonds is 6. The van der Waals surface area contributed by atoms with Gasteiger partial charge in [0.2, 0.25) is 11.8 Å². The van der Waals surface area contributed by atoms with Crippen LogP contribution >= 0.6 is 0 Å². The lowest BCUT2D eigenvalue weighted by atomic mass is 10.1. The van der Waals surface area contributed by atoms with Crippen molar-refractivity contribution in [3.8, 4) is 0 Å². The van der Waals surface area contributed by atoms with Crippen LogP contribution in [0.3, 0.4) is 0 Å². The maximum absolute atomic E-state index is 12.8. The van der Waals surface area contributed by atoms with Gasteiger partial charge in [-0.3, -0.25) is 9.59 Å². The molecule has 0 radical (unpaired) electrons. The van der Waals surface area contributed by atoms with Gasteiger partial charge in [0.15, 0.2) is 9.84 Å². The molecular weight excluding hydrogens is 364 g/mol. The van der Waals surface area contributed by atoms with Gasteiger partial charge in [0, 0.05) is 11.7 Å². The Morgan fingerprint density at radius 3 is 2.22 bits per heavy atom. The van der Waals surface area contributed by atoms with E-state index >= 15 is 0 Å². The van der Waals surface area contributed by atoms with E-state index in [-0.39, 0.29) is 23.8 Å². The highest BCUT2D eigenvalue weighted by molar-refractivity contribution is 7.91. The van der Waals surface area contributed by atoms with Crippen molar-refractivity contribution in [2.24, 2.45) is 0 Å². The second-order valence-electron chi connectivity index (χ2n) is 6.65. The second kappa shape index (κ2) is 8.35. The average molecular weight is 386 g/mol. The summed E-state index contributed by atoms with van der Waals surface area (Å²) < 4.78 is 23.0. The largest absolute Gasteiger partial charge is 0.352 e. The highest BCUT2D eigenvalue weighted by atomic mass is 32.2. The van der Waals surface area contributed by atoms with E-state index in [0.29, 0.717) is 18.7 Å². The molecule has 0 aromatic heterocycles. The maximum atomic E-state index is 12.8. The van der Waals surface area contributed by atoms with Crippen molar-refractivity contribution < 1.29 is 18.0 Å². The molecule has 2 aromatic carbocycles. The molecule has 2 aromatic rings. The van der Waals surface area contributed by atoms with Crippen LogP contribution in [0.2, 0.25) is 0 Å². The van der Waals surface area contributed by atoms with Crippen LogP contribution < -0.4 is 10.2 Å². The first-order chi connectivity index (χ1) is 12.9. The third kappa shape index (κ3) is 5.40. The fraction of sp³-hybridized carbons (Fsp3) is 0.300. The number of benzene rings is 2. The Kier molecular flexibility index (Phi) is 5.91. The van der Waals surface area contributed by atoms with E-state index in [2.05, 4.69) is 5.32 Å². The number of para-hydroxylation sites is 1. The first-order valence-electron chi connectivity index (χ1n) is 8.82. The fourth-order valence-electron chi connectivity index (χ4n) is 3.12. The molecule has 0 saturated carbocycles. The minimum atomic E-state index is -3.08. The van der Waals surface area contributed by atoms with Gasteiger partial charge in [-0.15, -0.1) is 0 Å². The minimum Gasteiger partial charge on any atom is -0.352 e. The topological polar surface area (TPSA) is 83.6 Å². The molecule has 27 heavy (non-hydrogen) atoms. The molecule has 6 nitrogen and oxygen atoms in total. The van der Waals surface area contributed by atoms with Crippen molar-refractivity contribution in [3.63, 3.8) is 0 Å². The predicted octanol–water partition coefficient (Wildman–Crippen LogP) is 1.91. The zero-order chi connectivity index (χ0) is 19.3. The van der Waals surface area contributed by atoms with Crippen molar-refractivity contribution in [3.05, 3.63) is 66.2 Å². The Balaban J connectivity index is 1.68. The lowest BCUT2D eigenvalue weighted by Crippen LogP contribution is -2.40. The highest BCUT2D eigenvalue weighted by Crippen LogP contribution is 2.18. The smallest absolute Gasteiger partial charge is 0.236 e. The first-order valence-corrected chi connectivity index (χ1v) is 10.6. The summed E-state index contributed by atoms with van der Waals surface area (Å²) in [4.78, 5) is 26.6. The fourth-order valence-corrected chi connectivity index (χ4v) is 4.79. The van der Waals surface area contributed by atoms with Crippen LogP contribution in [0.25, 0.3) is 0 Å². The Morgan fingerprint density at radius 1 is 1.00 bits per heavy atom. The van der Waals surface area contributed by atoms with E-state index in [1.165, 1.54) is 0 Å². The van der Waals surface area contributed by atoms with E-state index in [1.54, 1.807) is 4.90 Å². The molecule has 1 unspecified atom stereocenters. The van der Waals surface area contributed by atoms with Crippen LogP contribution in [-0.2, 0) is 26.0 Å². The van der Waals surface area contributed by atoms with Crippen molar-refractivity contribution in [2.45, 2.75) is 25.4 Å². The number of anilines is 1. The van der Waals surface area contributed by atoms with Gasteiger partial charge in [-0.25, -0.2) is 8.42 Å². The van der Waals surface area contributed by atoms with E-state index < -0.39 is 21.8 Å². The summed E-state index contributed by atoms with van der Waals surface area (Å²) in [5, 5.41) is 2.67. The molecule has 1 atom stereocenters. The van der Waals surface area contributed by atoms with Crippen LogP contribution in [-0.4, -0.2) is 37.8 Å². The molecule has 1 aliphatic heterocycles. The van der Waals surface area contributed by atoms with Gasteiger partial charge < -0.3 is 10.2 Å². The molecule has 3 rings (SSSR count). The third-order valence-corrected chi connectivity index (χ3v) is 6.23.